The van der Waals surface area contributed by atoms with Crippen LogP contribution in [-0.2, 0) is 20.1 Å². The van der Waals surface area contributed by atoms with Gasteiger partial charge in [-0.3, -0.25) is 9.58 Å². The van der Waals surface area contributed by atoms with Crippen LogP contribution in [0.3, 0.4) is 0 Å². The first-order valence-electron chi connectivity index (χ1n) is 7.14. The predicted molar refractivity (Wildman–Crippen MR) is 82.2 cm³/mol. The largest absolute Gasteiger partial charge is 0.330 e. The molecule has 1 aromatic heterocycles. The van der Waals surface area contributed by atoms with Crippen LogP contribution < -0.4 is 5.73 Å². The molecular formula is C16H24N4. The Bertz CT molecular complexity index is 519. The average molecular weight is 272 g/mol. The molecule has 0 bridgehead atoms. The van der Waals surface area contributed by atoms with E-state index in [1.165, 1.54) is 16.8 Å². The molecule has 0 radical (unpaired) electrons. The van der Waals surface area contributed by atoms with E-state index >= 15 is 0 Å². The van der Waals surface area contributed by atoms with Crippen molar-refractivity contribution in [1.82, 2.24) is 14.7 Å². The van der Waals surface area contributed by atoms with Gasteiger partial charge in [0.05, 0.1) is 6.20 Å². The zero-order valence-corrected chi connectivity index (χ0v) is 12.4. The minimum Gasteiger partial charge on any atom is -0.330 e. The van der Waals surface area contributed by atoms with E-state index < -0.39 is 0 Å². The molecule has 0 saturated carbocycles. The molecule has 0 aliphatic heterocycles. The van der Waals surface area contributed by atoms with Crippen LogP contribution in [0.25, 0.3) is 0 Å². The maximum atomic E-state index is 5.65. The molecular weight excluding hydrogens is 248 g/mol. The highest BCUT2D eigenvalue weighted by Crippen LogP contribution is 2.13. The third-order valence-electron chi connectivity index (χ3n) is 3.66. The van der Waals surface area contributed by atoms with Crippen LogP contribution in [0.5, 0.6) is 0 Å². The lowest BCUT2D eigenvalue weighted by atomic mass is 10.2. The van der Waals surface area contributed by atoms with Crippen LogP contribution >= 0.6 is 0 Å². The van der Waals surface area contributed by atoms with Gasteiger partial charge in [0.15, 0.2) is 0 Å². The number of hydrogen-bond donors (Lipinski definition) is 1. The topological polar surface area (TPSA) is 47.1 Å². The van der Waals surface area contributed by atoms with Crippen molar-refractivity contribution in [2.24, 2.45) is 12.8 Å². The molecule has 4 heteroatoms. The van der Waals surface area contributed by atoms with E-state index in [-0.39, 0.29) is 0 Å². The Morgan fingerprint density at radius 2 is 1.95 bits per heavy atom. The van der Waals surface area contributed by atoms with Crippen LogP contribution in [-0.4, -0.2) is 27.8 Å². The molecule has 1 aromatic carbocycles. The molecule has 1 heterocycles. The molecule has 2 rings (SSSR count). The molecule has 2 aromatic rings. The summed E-state index contributed by atoms with van der Waals surface area (Å²) in [5.41, 5.74) is 9.52. The summed E-state index contributed by atoms with van der Waals surface area (Å²) in [5, 5.41) is 4.32. The van der Waals surface area contributed by atoms with Crippen LogP contribution in [0.15, 0.2) is 36.5 Å². The Labute approximate surface area is 121 Å². The first-order chi connectivity index (χ1) is 9.70. The summed E-state index contributed by atoms with van der Waals surface area (Å²) in [6, 6.07) is 10.6. The molecule has 0 aliphatic rings. The van der Waals surface area contributed by atoms with Crippen molar-refractivity contribution in [2.75, 3.05) is 13.1 Å². The molecule has 2 N–H and O–H groups in total. The standard InChI is InChI=1S/C16H24N4/c1-14-16(11-18-19(14)2)13-20(10-6-9-17)12-15-7-4-3-5-8-15/h3-5,7-8,11H,6,9-10,12-13,17H2,1-2H3. The Morgan fingerprint density at radius 3 is 2.55 bits per heavy atom. The highest BCUT2D eigenvalue weighted by Gasteiger charge is 2.10. The van der Waals surface area contributed by atoms with E-state index in [1.807, 2.05) is 17.9 Å². The molecule has 20 heavy (non-hydrogen) atoms. The van der Waals surface area contributed by atoms with Gasteiger partial charge in [0.1, 0.15) is 0 Å². The molecule has 0 saturated heterocycles. The number of hydrogen-bond acceptors (Lipinski definition) is 3. The zero-order valence-electron chi connectivity index (χ0n) is 12.4. The normalized spacial score (nSPS) is 11.2. The van der Waals surface area contributed by atoms with E-state index in [0.29, 0.717) is 0 Å². The van der Waals surface area contributed by atoms with E-state index in [2.05, 4.69) is 47.3 Å². The second kappa shape index (κ2) is 7.22. The summed E-state index contributed by atoms with van der Waals surface area (Å²) in [7, 11) is 1.99. The van der Waals surface area contributed by atoms with Crippen LogP contribution in [0.4, 0.5) is 0 Å². The summed E-state index contributed by atoms with van der Waals surface area (Å²) in [4.78, 5) is 2.44. The first-order valence-corrected chi connectivity index (χ1v) is 7.14. The van der Waals surface area contributed by atoms with Crippen molar-refractivity contribution in [3.8, 4) is 0 Å². The molecule has 0 atom stereocenters. The number of nitrogens with zero attached hydrogens (tertiary/aromatic N) is 3. The molecule has 0 aliphatic carbocycles. The fourth-order valence-corrected chi connectivity index (χ4v) is 2.31. The highest BCUT2D eigenvalue weighted by molar-refractivity contribution is 5.17. The first kappa shape index (κ1) is 14.8. The van der Waals surface area contributed by atoms with Gasteiger partial charge in [0, 0.05) is 37.9 Å². The molecule has 0 fully saturated rings. The van der Waals surface area contributed by atoms with Crippen molar-refractivity contribution in [2.45, 2.75) is 26.4 Å². The summed E-state index contributed by atoms with van der Waals surface area (Å²) in [6.45, 7) is 5.74. The molecule has 0 unspecified atom stereocenters. The second-order valence-electron chi connectivity index (χ2n) is 5.22. The number of nitrogens with two attached hydrogens (primary N) is 1. The van der Waals surface area contributed by atoms with Crippen LogP contribution in [0.2, 0.25) is 0 Å². The summed E-state index contributed by atoms with van der Waals surface area (Å²) in [6.07, 6.45) is 2.99. The van der Waals surface area contributed by atoms with Crippen molar-refractivity contribution < 1.29 is 0 Å². The Kier molecular flexibility index (Phi) is 5.32. The molecule has 108 valence electrons. The van der Waals surface area contributed by atoms with Crippen LogP contribution in [0, 0.1) is 6.92 Å². The van der Waals surface area contributed by atoms with Gasteiger partial charge in [-0.2, -0.15) is 5.10 Å². The third-order valence-corrected chi connectivity index (χ3v) is 3.66. The quantitative estimate of drug-likeness (QED) is 0.839. The van der Waals surface area contributed by atoms with E-state index in [1.54, 1.807) is 0 Å². The predicted octanol–water partition coefficient (Wildman–Crippen LogP) is 2.08. The molecule has 4 nitrogen and oxygen atoms in total. The van der Waals surface area contributed by atoms with E-state index in [9.17, 15) is 0 Å². The maximum Gasteiger partial charge on any atom is 0.0537 e. The number of aromatic nitrogens is 2. The zero-order chi connectivity index (χ0) is 14.4. The molecule has 0 amide bonds. The van der Waals surface area contributed by atoms with Gasteiger partial charge in [-0.1, -0.05) is 30.3 Å². The van der Waals surface area contributed by atoms with Gasteiger partial charge in [-0.15, -0.1) is 0 Å². The van der Waals surface area contributed by atoms with Crippen molar-refractivity contribution in [3.63, 3.8) is 0 Å². The summed E-state index contributed by atoms with van der Waals surface area (Å²) in [5.74, 6) is 0. The summed E-state index contributed by atoms with van der Waals surface area (Å²) < 4.78 is 1.93. The van der Waals surface area contributed by atoms with Crippen molar-refractivity contribution in [1.29, 1.82) is 0 Å². The van der Waals surface area contributed by atoms with E-state index in [4.69, 9.17) is 5.73 Å². The summed E-state index contributed by atoms with van der Waals surface area (Å²) >= 11 is 0. The Hall–Kier alpha value is -1.65. The van der Waals surface area contributed by atoms with Crippen molar-refractivity contribution in [3.05, 3.63) is 53.3 Å². The average Bonchev–Trinajstić information content (AvgIpc) is 2.78. The minimum atomic E-state index is 0.733. The molecule has 0 spiro atoms. The lowest BCUT2D eigenvalue weighted by Gasteiger charge is -2.22. The Morgan fingerprint density at radius 1 is 1.20 bits per heavy atom. The maximum absolute atomic E-state index is 5.65. The fraction of sp³-hybridized carbons (Fsp3) is 0.438. The van der Waals surface area contributed by atoms with Gasteiger partial charge < -0.3 is 5.73 Å². The Balaban J connectivity index is 2.05. The minimum absolute atomic E-state index is 0.733. The van der Waals surface area contributed by atoms with Gasteiger partial charge in [0.25, 0.3) is 0 Å². The van der Waals surface area contributed by atoms with Crippen LogP contribution in [0.1, 0.15) is 23.2 Å². The smallest absolute Gasteiger partial charge is 0.0537 e. The lowest BCUT2D eigenvalue weighted by molar-refractivity contribution is 0.254. The lowest BCUT2D eigenvalue weighted by Crippen LogP contribution is -2.25. The SMILES string of the molecule is Cc1c(CN(CCCN)Cc2ccccc2)cnn1C. The van der Waals surface area contributed by atoms with Gasteiger partial charge in [-0.25, -0.2) is 0 Å². The van der Waals surface area contributed by atoms with Gasteiger partial charge in [-0.05, 0) is 25.5 Å². The fourth-order valence-electron chi connectivity index (χ4n) is 2.31. The second-order valence-corrected chi connectivity index (χ2v) is 5.22. The third kappa shape index (κ3) is 3.92. The number of rotatable bonds is 7. The number of aryl methyl sites for hydroxylation is 1. The monoisotopic (exact) mass is 272 g/mol. The van der Waals surface area contributed by atoms with Gasteiger partial charge in [0.2, 0.25) is 0 Å². The van der Waals surface area contributed by atoms with Crippen molar-refractivity contribution >= 4 is 0 Å². The highest BCUT2D eigenvalue weighted by atomic mass is 15.3. The number of benzene rings is 1. The van der Waals surface area contributed by atoms with E-state index in [0.717, 1.165) is 32.6 Å². The van der Waals surface area contributed by atoms with Gasteiger partial charge >= 0.3 is 0 Å².